The summed E-state index contributed by atoms with van der Waals surface area (Å²) in [5.41, 5.74) is 0. The molecule has 0 amide bonds. The van der Waals surface area contributed by atoms with Crippen LogP contribution >= 0.6 is 0 Å². The van der Waals surface area contributed by atoms with Gasteiger partial charge in [-0.05, 0) is 39.2 Å². The van der Waals surface area contributed by atoms with E-state index in [0.717, 1.165) is 25.7 Å². The molecule has 0 aromatic carbocycles. The van der Waals surface area contributed by atoms with Crippen molar-refractivity contribution in [3.63, 3.8) is 0 Å². The van der Waals surface area contributed by atoms with Crippen LogP contribution in [0.15, 0.2) is 12.2 Å². The molecule has 0 saturated carbocycles. The van der Waals surface area contributed by atoms with Crippen LogP contribution in [0.4, 0.5) is 0 Å². The third-order valence-corrected chi connectivity index (χ3v) is 5.25. The molecule has 182 valence electrons. The minimum atomic E-state index is -0.687. The van der Waals surface area contributed by atoms with Crippen molar-refractivity contribution in [3.05, 3.63) is 12.2 Å². The molecule has 0 fully saturated rings. The van der Waals surface area contributed by atoms with E-state index in [0.29, 0.717) is 19.4 Å². The molecule has 0 aliphatic carbocycles. The summed E-state index contributed by atoms with van der Waals surface area (Å²) in [7, 11) is 1.78. The van der Waals surface area contributed by atoms with E-state index in [1.807, 2.05) is 6.08 Å². The van der Waals surface area contributed by atoms with Gasteiger partial charge in [0.25, 0.3) is 0 Å². The number of allylic oxidation sites excluding steroid dienone is 1. The molecule has 1 N–H and O–H groups in total. The highest BCUT2D eigenvalue weighted by molar-refractivity contribution is 5.71. The van der Waals surface area contributed by atoms with Crippen molar-refractivity contribution < 1.29 is 24.2 Å². The first-order valence-corrected chi connectivity index (χ1v) is 12.2. The Hall–Kier alpha value is -1.40. The number of carbonyl (C=O) groups is 2. The van der Waals surface area contributed by atoms with Crippen LogP contribution in [0.2, 0.25) is 0 Å². The van der Waals surface area contributed by atoms with E-state index in [4.69, 9.17) is 9.47 Å². The molecule has 0 radical (unpaired) electrons. The molecule has 2 unspecified atom stereocenters. The molecular formula is C25H47NO5. The van der Waals surface area contributed by atoms with Gasteiger partial charge in [-0.2, -0.15) is 0 Å². The van der Waals surface area contributed by atoms with Crippen LogP contribution in [-0.4, -0.2) is 60.9 Å². The maximum Gasteiger partial charge on any atom is 0.320 e. The van der Waals surface area contributed by atoms with E-state index < -0.39 is 12.2 Å². The van der Waals surface area contributed by atoms with Gasteiger partial charge in [0.05, 0.1) is 12.6 Å². The van der Waals surface area contributed by atoms with E-state index in [1.54, 1.807) is 11.9 Å². The van der Waals surface area contributed by atoms with Gasteiger partial charge < -0.3 is 14.6 Å². The lowest BCUT2D eigenvalue weighted by Crippen LogP contribution is -2.36. The van der Waals surface area contributed by atoms with Gasteiger partial charge in [-0.3, -0.25) is 14.5 Å². The fraction of sp³-hybridized carbons (Fsp3) is 0.840. The van der Waals surface area contributed by atoms with Gasteiger partial charge in [-0.15, -0.1) is 0 Å². The van der Waals surface area contributed by atoms with Gasteiger partial charge in [-0.1, -0.05) is 70.9 Å². The van der Waals surface area contributed by atoms with Crippen LogP contribution in [0.3, 0.4) is 0 Å². The van der Waals surface area contributed by atoms with Gasteiger partial charge >= 0.3 is 11.9 Å². The molecule has 0 heterocycles. The minimum Gasteiger partial charge on any atom is -0.465 e. The summed E-state index contributed by atoms with van der Waals surface area (Å²) in [5.74, 6) is -0.693. The molecule has 0 spiro atoms. The number of carbonyl (C=O) groups excluding carboxylic acids is 2. The largest absolute Gasteiger partial charge is 0.465 e. The number of unbranched alkanes of at least 4 members (excludes halogenated alkanes) is 8. The molecule has 31 heavy (non-hydrogen) atoms. The van der Waals surface area contributed by atoms with E-state index >= 15 is 0 Å². The molecule has 0 saturated heterocycles. The molecule has 0 rings (SSSR count). The zero-order chi connectivity index (χ0) is 23.3. The Morgan fingerprint density at radius 2 is 1.61 bits per heavy atom. The van der Waals surface area contributed by atoms with Crippen molar-refractivity contribution in [2.45, 2.75) is 110 Å². The first-order valence-electron chi connectivity index (χ1n) is 12.2. The Labute approximate surface area is 190 Å². The van der Waals surface area contributed by atoms with Crippen LogP contribution in [0.1, 0.15) is 97.8 Å². The molecule has 6 nitrogen and oxygen atoms in total. The number of esters is 2. The number of ether oxygens (including phenoxy) is 2. The Kier molecular flexibility index (Phi) is 19.6. The second-order valence-electron chi connectivity index (χ2n) is 8.43. The average molecular weight is 442 g/mol. The van der Waals surface area contributed by atoms with Crippen LogP contribution in [-0.2, 0) is 19.1 Å². The van der Waals surface area contributed by atoms with Gasteiger partial charge in [0.2, 0.25) is 0 Å². The van der Waals surface area contributed by atoms with Crippen LogP contribution in [0.25, 0.3) is 0 Å². The van der Waals surface area contributed by atoms with Crippen molar-refractivity contribution in [1.82, 2.24) is 4.90 Å². The lowest BCUT2D eigenvalue weighted by atomic mass is 10.0. The fourth-order valence-corrected chi connectivity index (χ4v) is 3.32. The Balaban J connectivity index is 4.34. The third-order valence-electron chi connectivity index (χ3n) is 5.25. The summed E-state index contributed by atoms with van der Waals surface area (Å²) in [4.78, 5) is 24.9. The number of hydrogen-bond acceptors (Lipinski definition) is 6. The molecule has 0 aliphatic heterocycles. The zero-order valence-electron chi connectivity index (χ0n) is 20.4. The standard InChI is InChI=1S/C25H47NO5/c1-5-7-9-10-11-12-13-14-16-17-23(28)24(18-15-8-6-2)31-25(29)21-26(4)19-20-30-22(3)27/h14,16,23-24,28H,5-13,15,17-21H2,1-4H3/b16-14-. The van der Waals surface area contributed by atoms with Gasteiger partial charge in [0.1, 0.15) is 12.7 Å². The first kappa shape index (κ1) is 29.6. The fourth-order valence-electron chi connectivity index (χ4n) is 3.32. The number of likely N-dealkylation sites (N-methyl/N-ethyl adjacent to an activating group) is 1. The molecule has 0 bridgehead atoms. The highest BCUT2D eigenvalue weighted by Gasteiger charge is 2.22. The van der Waals surface area contributed by atoms with Crippen LogP contribution in [0, 0.1) is 0 Å². The predicted octanol–water partition coefficient (Wildman–Crippen LogP) is 5.03. The summed E-state index contributed by atoms with van der Waals surface area (Å²) in [6, 6.07) is 0. The Morgan fingerprint density at radius 3 is 2.29 bits per heavy atom. The summed E-state index contributed by atoms with van der Waals surface area (Å²) in [6.07, 6.45) is 15.9. The topological polar surface area (TPSA) is 76.1 Å². The monoisotopic (exact) mass is 441 g/mol. The predicted molar refractivity (Wildman–Crippen MR) is 126 cm³/mol. The molecule has 0 aromatic rings. The summed E-state index contributed by atoms with van der Waals surface area (Å²) in [5, 5.41) is 10.6. The Bertz CT molecular complexity index is 481. The highest BCUT2D eigenvalue weighted by Crippen LogP contribution is 2.15. The lowest BCUT2D eigenvalue weighted by Gasteiger charge is -2.24. The number of aliphatic hydroxyl groups excluding tert-OH is 1. The maximum absolute atomic E-state index is 12.3. The SMILES string of the molecule is CCCCCCCC/C=C\CC(O)C(CCCCC)OC(=O)CN(C)CCOC(C)=O. The smallest absolute Gasteiger partial charge is 0.320 e. The van der Waals surface area contributed by atoms with Crippen LogP contribution < -0.4 is 0 Å². The van der Waals surface area contributed by atoms with E-state index in [1.165, 1.54) is 45.4 Å². The molecule has 0 aliphatic rings. The van der Waals surface area contributed by atoms with Crippen molar-refractivity contribution in [2.24, 2.45) is 0 Å². The normalized spacial score (nSPS) is 13.5. The molecular weight excluding hydrogens is 394 g/mol. The summed E-state index contributed by atoms with van der Waals surface area (Å²) < 4.78 is 10.5. The number of nitrogens with zero attached hydrogens (tertiary/aromatic N) is 1. The van der Waals surface area contributed by atoms with Crippen molar-refractivity contribution in [3.8, 4) is 0 Å². The van der Waals surface area contributed by atoms with E-state index in [2.05, 4.69) is 19.9 Å². The van der Waals surface area contributed by atoms with Crippen LogP contribution in [0.5, 0.6) is 0 Å². The highest BCUT2D eigenvalue weighted by atomic mass is 16.6. The number of aliphatic hydroxyl groups is 1. The lowest BCUT2D eigenvalue weighted by molar-refractivity contribution is -0.156. The van der Waals surface area contributed by atoms with Gasteiger partial charge in [0, 0.05) is 13.5 Å². The quantitative estimate of drug-likeness (QED) is 0.162. The maximum atomic E-state index is 12.3. The zero-order valence-corrected chi connectivity index (χ0v) is 20.4. The molecule has 6 heteroatoms. The second kappa shape index (κ2) is 20.5. The van der Waals surface area contributed by atoms with E-state index in [-0.39, 0.29) is 25.1 Å². The van der Waals surface area contributed by atoms with Gasteiger partial charge in [0.15, 0.2) is 0 Å². The Morgan fingerprint density at radius 1 is 0.968 bits per heavy atom. The van der Waals surface area contributed by atoms with Crippen molar-refractivity contribution in [2.75, 3.05) is 26.7 Å². The van der Waals surface area contributed by atoms with Gasteiger partial charge in [-0.25, -0.2) is 0 Å². The van der Waals surface area contributed by atoms with Crippen molar-refractivity contribution in [1.29, 1.82) is 0 Å². The summed E-state index contributed by atoms with van der Waals surface area (Å²) >= 11 is 0. The molecule has 2 atom stereocenters. The first-order chi connectivity index (χ1) is 14.9. The average Bonchev–Trinajstić information content (AvgIpc) is 2.71. The van der Waals surface area contributed by atoms with E-state index in [9.17, 15) is 14.7 Å². The van der Waals surface area contributed by atoms with Crippen molar-refractivity contribution >= 4 is 11.9 Å². The third kappa shape index (κ3) is 19.0. The molecule has 0 aromatic heterocycles. The second-order valence-corrected chi connectivity index (χ2v) is 8.43. The minimum absolute atomic E-state index is 0.103. The number of rotatable bonds is 20. The summed E-state index contributed by atoms with van der Waals surface area (Å²) in [6.45, 7) is 6.51. The number of hydrogen-bond donors (Lipinski definition) is 1.